The molecule has 0 radical (unpaired) electrons. The summed E-state index contributed by atoms with van der Waals surface area (Å²) in [5, 5.41) is 20.2. The Bertz CT molecular complexity index is 1030. The molecule has 29 heavy (non-hydrogen) atoms. The molecule has 4 rings (SSSR count). The maximum absolute atomic E-state index is 12.7. The first-order valence-corrected chi connectivity index (χ1v) is 10.5. The van der Waals surface area contributed by atoms with Crippen LogP contribution in [0.1, 0.15) is 11.1 Å². The van der Waals surface area contributed by atoms with Crippen LogP contribution in [0.15, 0.2) is 53.4 Å². The molecule has 150 valence electrons. The van der Waals surface area contributed by atoms with E-state index in [1.807, 2.05) is 42.5 Å². The topological polar surface area (TPSA) is 70.3 Å². The summed E-state index contributed by atoms with van der Waals surface area (Å²) in [7, 11) is 3.25. The van der Waals surface area contributed by atoms with Gasteiger partial charge in [0.1, 0.15) is 0 Å². The summed E-state index contributed by atoms with van der Waals surface area (Å²) in [4.78, 5) is 1.89. The molecular formula is C22H23N3O3S. The standard InChI is InChI=1S/C22H23N3O3S/c1-27-18-8-7-15(13-19(18)28-2)9-11-23-21-14-16-10-12-29-20-6-4-3-5-17(20)22(16)25(26)24-21/h3-8,13-14H,9-12H2,1-2H3,(H,23,24). The first-order valence-electron chi connectivity index (χ1n) is 9.50. The van der Waals surface area contributed by atoms with E-state index in [0.29, 0.717) is 29.6 Å². The number of thioether (sulfide) groups is 1. The Morgan fingerprint density at radius 1 is 1.10 bits per heavy atom. The van der Waals surface area contributed by atoms with Gasteiger partial charge in [0.2, 0.25) is 0 Å². The van der Waals surface area contributed by atoms with Crippen molar-refractivity contribution in [2.24, 2.45) is 0 Å². The number of fused-ring (bicyclic) bond motifs is 3. The number of benzene rings is 2. The molecule has 6 nitrogen and oxygen atoms in total. The molecule has 2 heterocycles. The van der Waals surface area contributed by atoms with E-state index in [1.54, 1.807) is 26.0 Å². The summed E-state index contributed by atoms with van der Waals surface area (Å²) in [6.07, 6.45) is 1.61. The molecule has 0 saturated carbocycles. The number of nitrogens with one attached hydrogen (secondary N) is 1. The van der Waals surface area contributed by atoms with E-state index in [9.17, 15) is 5.21 Å². The number of rotatable bonds is 6. The third kappa shape index (κ3) is 4.10. The third-order valence-electron chi connectivity index (χ3n) is 4.94. The summed E-state index contributed by atoms with van der Waals surface area (Å²) in [6, 6.07) is 15.9. The summed E-state index contributed by atoms with van der Waals surface area (Å²) in [5.41, 5.74) is 3.77. The SMILES string of the molecule is COc1ccc(CCNc2cc3c([n+]([O-])n2)-c2ccccc2SCC3)cc1OC. The number of nitrogens with zero attached hydrogens (tertiary/aromatic N) is 2. The van der Waals surface area contributed by atoms with Crippen molar-refractivity contribution in [1.82, 2.24) is 5.10 Å². The normalized spacial score (nSPS) is 12.5. The zero-order valence-electron chi connectivity index (χ0n) is 16.5. The van der Waals surface area contributed by atoms with E-state index in [1.165, 1.54) is 0 Å². The zero-order chi connectivity index (χ0) is 20.2. The number of aromatic nitrogens is 2. The van der Waals surface area contributed by atoms with Crippen LogP contribution < -0.4 is 19.6 Å². The molecule has 2 aromatic carbocycles. The van der Waals surface area contributed by atoms with Crippen LogP contribution in [0.5, 0.6) is 11.5 Å². The lowest BCUT2D eigenvalue weighted by Crippen LogP contribution is -2.36. The lowest BCUT2D eigenvalue weighted by Gasteiger charge is -2.11. The lowest BCUT2D eigenvalue weighted by atomic mass is 10.0. The maximum atomic E-state index is 12.7. The van der Waals surface area contributed by atoms with Gasteiger partial charge in [0.25, 0.3) is 5.69 Å². The number of ether oxygens (including phenoxy) is 2. The molecule has 1 aromatic heterocycles. The molecule has 3 aromatic rings. The van der Waals surface area contributed by atoms with E-state index in [-0.39, 0.29) is 0 Å². The average molecular weight is 410 g/mol. The van der Waals surface area contributed by atoms with E-state index in [2.05, 4.69) is 16.5 Å². The molecule has 0 fully saturated rings. The Hall–Kier alpha value is -2.93. The minimum Gasteiger partial charge on any atom is -0.594 e. The van der Waals surface area contributed by atoms with Gasteiger partial charge in [0, 0.05) is 27.9 Å². The van der Waals surface area contributed by atoms with Crippen molar-refractivity contribution in [2.45, 2.75) is 17.7 Å². The number of hydrogen-bond donors (Lipinski definition) is 1. The molecule has 0 saturated heterocycles. The van der Waals surface area contributed by atoms with Gasteiger partial charge in [-0.2, -0.15) is 0 Å². The molecule has 0 bridgehead atoms. The van der Waals surface area contributed by atoms with Crippen molar-refractivity contribution in [3.63, 3.8) is 0 Å². The van der Waals surface area contributed by atoms with Gasteiger partial charge in [-0.3, -0.25) is 0 Å². The molecule has 0 spiro atoms. The zero-order valence-corrected chi connectivity index (χ0v) is 17.3. The molecular weight excluding hydrogens is 386 g/mol. The van der Waals surface area contributed by atoms with Gasteiger partial charge in [0.05, 0.1) is 19.8 Å². The highest BCUT2D eigenvalue weighted by atomic mass is 32.2. The Labute approximate surface area is 174 Å². The highest BCUT2D eigenvalue weighted by Crippen LogP contribution is 2.35. The van der Waals surface area contributed by atoms with Gasteiger partial charge in [-0.25, -0.2) is 0 Å². The van der Waals surface area contributed by atoms with Gasteiger partial charge in [-0.1, -0.05) is 18.2 Å². The number of anilines is 1. The van der Waals surface area contributed by atoms with Gasteiger partial charge in [0.15, 0.2) is 17.3 Å². The Kier molecular flexibility index (Phi) is 5.76. The number of aryl methyl sites for hydroxylation is 1. The van der Waals surface area contributed by atoms with Crippen LogP contribution in [0.4, 0.5) is 5.82 Å². The van der Waals surface area contributed by atoms with Crippen LogP contribution in [-0.2, 0) is 12.8 Å². The van der Waals surface area contributed by atoms with E-state index >= 15 is 0 Å². The van der Waals surface area contributed by atoms with Crippen molar-refractivity contribution in [3.8, 4) is 22.8 Å². The predicted octanol–water partition coefficient (Wildman–Crippen LogP) is 3.70. The van der Waals surface area contributed by atoms with E-state index < -0.39 is 0 Å². The van der Waals surface area contributed by atoms with Crippen LogP contribution in [0.2, 0.25) is 0 Å². The molecule has 1 aliphatic heterocycles. The minimum absolute atomic E-state index is 0.601. The molecule has 7 heteroatoms. The molecule has 0 aliphatic carbocycles. The summed E-state index contributed by atoms with van der Waals surface area (Å²) in [5.74, 6) is 2.96. The molecule has 0 atom stereocenters. The summed E-state index contributed by atoms with van der Waals surface area (Å²) < 4.78 is 10.6. The van der Waals surface area contributed by atoms with Crippen molar-refractivity contribution < 1.29 is 14.3 Å². The second-order valence-electron chi connectivity index (χ2n) is 6.74. The average Bonchev–Trinajstić information content (AvgIpc) is 2.93. The second kappa shape index (κ2) is 8.61. The molecule has 0 unspecified atom stereocenters. The summed E-state index contributed by atoms with van der Waals surface area (Å²) >= 11 is 1.78. The number of hydrogen-bond acceptors (Lipinski definition) is 6. The van der Waals surface area contributed by atoms with Crippen LogP contribution >= 0.6 is 11.8 Å². The van der Waals surface area contributed by atoms with E-state index in [4.69, 9.17) is 9.47 Å². The fraction of sp³-hybridized carbons (Fsp3) is 0.273. The van der Waals surface area contributed by atoms with Crippen molar-refractivity contribution in [3.05, 3.63) is 64.9 Å². The predicted molar refractivity (Wildman–Crippen MR) is 115 cm³/mol. The fourth-order valence-corrected chi connectivity index (χ4v) is 4.55. The highest BCUT2D eigenvalue weighted by molar-refractivity contribution is 7.99. The fourth-order valence-electron chi connectivity index (χ4n) is 3.52. The third-order valence-corrected chi connectivity index (χ3v) is 6.02. The van der Waals surface area contributed by atoms with Gasteiger partial charge in [-0.15, -0.1) is 11.8 Å². The van der Waals surface area contributed by atoms with Crippen molar-refractivity contribution >= 4 is 17.6 Å². The smallest absolute Gasteiger partial charge is 0.256 e. The highest BCUT2D eigenvalue weighted by Gasteiger charge is 2.24. The molecule has 1 N–H and O–H groups in total. The first-order chi connectivity index (χ1) is 14.2. The summed E-state index contributed by atoms with van der Waals surface area (Å²) in [6.45, 7) is 0.659. The van der Waals surface area contributed by atoms with E-state index in [0.717, 1.165) is 45.0 Å². The Balaban J connectivity index is 1.50. The monoisotopic (exact) mass is 409 g/mol. The number of methoxy groups -OCH3 is 2. The lowest BCUT2D eigenvalue weighted by molar-refractivity contribution is -0.657. The van der Waals surface area contributed by atoms with Crippen LogP contribution in [0, 0.1) is 5.21 Å². The Morgan fingerprint density at radius 3 is 2.76 bits per heavy atom. The van der Waals surface area contributed by atoms with Gasteiger partial charge in [-0.05, 0) is 53.6 Å². The van der Waals surface area contributed by atoms with Crippen molar-refractivity contribution in [2.75, 3.05) is 31.8 Å². The quantitative estimate of drug-likeness (QED) is 0.494. The maximum Gasteiger partial charge on any atom is 0.256 e. The minimum atomic E-state index is 0.601. The Morgan fingerprint density at radius 2 is 1.93 bits per heavy atom. The molecule has 0 amide bonds. The second-order valence-corrected chi connectivity index (χ2v) is 7.87. The van der Waals surface area contributed by atoms with Crippen LogP contribution in [0.3, 0.4) is 0 Å². The molecule has 1 aliphatic rings. The largest absolute Gasteiger partial charge is 0.594 e. The van der Waals surface area contributed by atoms with Crippen molar-refractivity contribution in [1.29, 1.82) is 0 Å². The van der Waals surface area contributed by atoms with Gasteiger partial charge < -0.3 is 20.0 Å². The van der Waals surface area contributed by atoms with Gasteiger partial charge >= 0.3 is 0 Å². The van der Waals surface area contributed by atoms with Crippen LogP contribution in [-0.4, -0.2) is 31.6 Å². The van der Waals surface area contributed by atoms with Crippen LogP contribution in [0.25, 0.3) is 11.3 Å². The first kappa shape index (κ1) is 19.4.